The van der Waals surface area contributed by atoms with Crippen LogP contribution in [0.2, 0.25) is 0 Å². The molecule has 1 aromatic carbocycles. The number of nitrogens with two attached hydrogens (primary N) is 1. The summed E-state index contributed by atoms with van der Waals surface area (Å²) in [6.07, 6.45) is -4.18. The predicted octanol–water partition coefficient (Wildman–Crippen LogP) is -1.38. The van der Waals surface area contributed by atoms with Gasteiger partial charge in [0.25, 0.3) is 16.3 Å². The lowest BCUT2D eigenvalue weighted by Crippen LogP contribution is -2.50. The van der Waals surface area contributed by atoms with E-state index in [2.05, 4.69) is 0 Å². The molecule has 108 valence electrons. The number of rotatable bonds is 3. The van der Waals surface area contributed by atoms with Gasteiger partial charge in [-0.3, -0.25) is 0 Å². The van der Waals surface area contributed by atoms with Crippen LogP contribution in [0.15, 0.2) is 24.3 Å². The van der Waals surface area contributed by atoms with E-state index in [1.807, 2.05) is 0 Å². The average molecular weight is 295 g/mol. The maximum absolute atomic E-state index is 12.1. The molecule has 8 heteroatoms. The van der Waals surface area contributed by atoms with Crippen molar-refractivity contribution >= 4 is 20.7 Å². The topological polar surface area (TPSA) is 86.7 Å². The number of aliphatic hydroxyl groups is 3. The zero-order valence-electron chi connectivity index (χ0n) is 10.5. The molecular formula is C11H17AlF3NO3. The van der Waals surface area contributed by atoms with E-state index < -0.39 is 37.1 Å². The molecule has 0 aliphatic heterocycles. The molecule has 0 radical (unpaired) electrons. The molecule has 1 rings (SSSR count). The Kier molecular flexibility index (Phi) is 7.59. The quantitative estimate of drug-likeness (QED) is 0.518. The molecule has 4 nitrogen and oxygen atoms in total. The third-order valence-corrected chi connectivity index (χ3v) is 3.27. The van der Waals surface area contributed by atoms with Gasteiger partial charge in [-0.1, -0.05) is 24.3 Å². The summed E-state index contributed by atoms with van der Waals surface area (Å²) in [6, 6.07) is 5.65. The lowest BCUT2D eigenvalue weighted by Gasteiger charge is -2.20. The van der Waals surface area contributed by atoms with Gasteiger partial charge in [-0.15, -0.1) is 4.43 Å². The molecule has 0 aliphatic rings. The molecule has 0 saturated carbocycles. The first kappa shape index (κ1) is 18.4. The van der Waals surface area contributed by atoms with Crippen LogP contribution in [-0.4, -0.2) is 57.0 Å². The molecule has 1 aromatic rings. The molecule has 0 bridgehead atoms. The molecule has 0 aromatic heterocycles. The predicted molar refractivity (Wildman–Crippen MR) is 67.8 cm³/mol. The Morgan fingerprint density at radius 1 is 1.00 bits per heavy atom. The molecule has 0 unspecified atom stereocenters. The van der Waals surface area contributed by atoms with Crippen molar-refractivity contribution in [2.45, 2.75) is 11.7 Å². The number of benzene rings is 1. The van der Waals surface area contributed by atoms with Crippen LogP contribution in [0.4, 0.5) is 13.2 Å². The minimum atomic E-state index is -4.18. The van der Waals surface area contributed by atoms with E-state index in [1.54, 1.807) is 6.07 Å². The Labute approximate surface area is 117 Å². The Morgan fingerprint density at radius 2 is 1.42 bits per heavy atom. The van der Waals surface area contributed by atoms with Crippen LogP contribution in [0.1, 0.15) is 5.56 Å². The molecule has 0 saturated heterocycles. The second kappa shape index (κ2) is 7.85. The first-order valence-corrected chi connectivity index (χ1v) is 6.44. The maximum atomic E-state index is 12.1. The van der Waals surface area contributed by atoms with Gasteiger partial charge in [0, 0.05) is 5.56 Å². The molecule has 0 fully saturated rings. The number of alkyl halides is 3. The van der Waals surface area contributed by atoms with E-state index in [1.165, 1.54) is 12.1 Å². The SMILES string of the molecule is FC(F)(F)c1cccc[c]1[AlH2].NC(CO)(CO)CO. The summed E-state index contributed by atoms with van der Waals surface area (Å²) in [5, 5.41) is 25.0. The van der Waals surface area contributed by atoms with Crippen molar-refractivity contribution < 1.29 is 28.5 Å². The van der Waals surface area contributed by atoms with E-state index in [9.17, 15) is 13.2 Å². The molecule has 0 atom stereocenters. The van der Waals surface area contributed by atoms with Crippen molar-refractivity contribution in [1.29, 1.82) is 0 Å². The Morgan fingerprint density at radius 3 is 1.63 bits per heavy atom. The first-order chi connectivity index (χ1) is 8.70. The summed E-state index contributed by atoms with van der Waals surface area (Å²) in [5.41, 5.74) is 3.44. The monoisotopic (exact) mass is 295 g/mol. The van der Waals surface area contributed by atoms with E-state index in [4.69, 9.17) is 21.1 Å². The van der Waals surface area contributed by atoms with Crippen molar-refractivity contribution in [2.24, 2.45) is 5.73 Å². The highest BCUT2D eigenvalue weighted by Gasteiger charge is 2.31. The lowest BCUT2D eigenvalue weighted by molar-refractivity contribution is -0.136. The second-order valence-corrected chi connectivity index (χ2v) is 5.23. The Bertz CT molecular complexity index is 375. The molecule has 0 aliphatic carbocycles. The fraction of sp³-hybridized carbons (Fsp3) is 0.455. The molecule has 0 spiro atoms. The minimum Gasteiger partial charge on any atom is -0.394 e. The highest BCUT2D eigenvalue weighted by molar-refractivity contribution is 6.33. The van der Waals surface area contributed by atoms with Crippen LogP contribution >= 0.6 is 0 Å². The molecular weight excluding hydrogens is 278 g/mol. The lowest BCUT2D eigenvalue weighted by atomic mass is 10.1. The van der Waals surface area contributed by atoms with Crippen molar-refractivity contribution in [3.05, 3.63) is 29.8 Å². The number of hydrogen-bond acceptors (Lipinski definition) is 4. The Hall–Kier alpha value is -0.618. The van der Waals surface area contributed by atoms with Gasteiger partial charge in [0.05, 0.1) is 25.4 Å². The van der Waals surface area contributed by atoms with Gasteiger partial charge < -0.3 is 21.1 Å². The van der Waals surface area contributed by atoms with Crippen LogP contribution in [0.25, 0.3) is 0 Å². The van der Waals surface area contributed by atoms with Crippen molar-refractivity contribution in [1.82, 2.24) is 0 Å². The highest BCUT2D eigenvalue weighted by Crippen LogP contribution is 2.26. The van der Waals surface area contributed by atoms with E-state index in [-0.39, 0.29) is 0 Å². The summed E-state index contributed by atoms with van der Waals surface area (Å²) < 4.78 is 36.6. The van der Waals surface area contributed by atoms with Crippen LogP contribution in [-0.2, 0) is 6.18 Å². The molecule has 0 heterocycles. The highest BCUT2D eigenvalue weighted by atomic mass is 27.0. The van der Waals surface area contributed by atoms with Gasteiger partial charge >= 0.3 is 6.18 Å². The van der Waals surface area contributed by atoms with Crippen LogP contribution in [0.5, 0.6) is 0 Å². The molecule has 19 heavy (non-hydrogen) atoms. The third-order valence-electron chi connectivity index (χ3n) is 2.40. The average Bonchev–Trinajstić information content (AvgIpc) is 2.38. The van der Waals surface area contributed by atoms with Gasteiger partial charge in [0.1, 0.15) is 0 Å². The number of hydrogen-bond donors (Lipinski definition) is 4. The fourth-order valence-electron chi connectivity index (χ4n) is 1.04. The van der Waals surface area contributed by atoms with Crippen LogP contribution < -0.4 is 10.2 Å². The number of halogens is 3. The minimum absolute atomic E-state index is 0.403. The summed E-state index contributed by atoms with van der Waals surface area (Å²) in [5.74, 6) is 0. The molecule has 0 amide bonds. The van der Waals surface area contributed by atoms with Crippen molar-refractivity contribution in [2.75, 3.05) is 19.8 Å². The van der Waals surface area contributed by atoms with Gasteiger partial charge in [-0.25, -0.2) is 0 Å². The van der Waals surface area contributed by atoms with Crippen LogP contribution in [0, 0.1) is 0 Å². The van der Waals surface area contributed by atoms with E-state index in [0.717, 1.165) is 6.07 Å². The van der Waals surface area contributed by atoms with E-state index in [0.29, 0.717) is 20.7 Å². The summed E-state index contributed by atoms with van der Waals surface area (Å²) >= 11 is 0.436. The zero-order chi connectivity index (χ0) is 15.1. The standard InChI is InChI=1S/C7H4F3.C4H11NO3.Al.2H/c8-7(9,10)6-4-2-1-3-5-6;5-4(1-6,2-7)3-8;;;/h1-4H;6-8H,1-3,5H2;;;. The van der Waals surface area contributed by atoms with E-state index >= 15 is 0 Å². The second-order valence-electron chi connectivity index (χ2n) is 4.15. The summed E-state index contributed by atoms with van der Waals surface area (Å²) in [4.78, 5) is 0. The largest absolute Gasteiger partial charge is 0.415 e. The summed E-state index contributed by atoms with van der Waals surface area (Å²) in [7, 11) is 0. The summed E-state index contributed by atoms with van der Waals surface area (Å²) in [6.45, 7) is -1.21. The first-order valence-electron chi connectivity index (χ1n) is 5.44. The normalized spacial score (nSPS) is 11.7. The van der Waals surface area contributed by atoms with Gasteiger partial charge in [0.15, 0.2) is 0 Å². The zero-order valence-corrected chi connectivity index (χ0v) is 12.5. The van der Waals surface area contributed by atoms with Crippen molar-refractivity contribution in [3.8, 4) is 0 Å². The Balaban J connectivity index is 0.000000362. The van der Waals surface area contributed by atoms with Gasteiger partial charge in [0.2, 0.25) is 0 Å². The van der Waals surface area contributed by atoms with Crippen LogP contribution in [0.3, 0.4) is 0 Å². The van der Waals surface area contributed by atoms with Gasteiger partial charge in [-0.05, 0) is 0 Å². The van der Waals surface area contributed by atoms with Crippen molar-refractivity contribution in [3.63, 3.8) is 0 Å². The fourth-order valence-corrected chi connectivity index (χ4v) is 1.68. The third kappa shape index (κ3) is 6.38. The number of aliphatic hydroxyl groups excluding tert-OH is 3. The van der Waals surface area contributed by atoms with Gasteiger partial charge in [-0.2, -0.15) is 13.2 Å². The maximum Gasteiger partial charge on any atom is 0.415 e. The smallest absolute Gasteiger partial charge is 0.394 e. The molecule has 5 N–H and O–H groups in total.